The lowest BCUT2D eigenvalue weighted by Gasteiger charge is -2.23. The van der Waals surface area contributed by atoms with Gasteiger partial charge in [-0.15, -0.1) is 0 Å². The van der Waals surface area contributed by atoms with Crippen molar-refractivity contribution in [1.82, 2.24) is 10.3 Å². The van der Waals surface area contributed by atoms with E-state index in [2.05, 4.69) is 10.3 Å². The second-order valence-corrected chi connectivity index (χ2v) is 7.98. The van der Waals surface area contributed by atoms with Gasteiger partial charge in [-0.1, -0.05) is 17.7 Å². The lowest BCUT2D eigenvalue weighted by atomic mass is 9.97. The largest absolute Gasteiger partial charge is 0.391 e. The monoisotopic (exact) mass is 393 g/mol. The molecule has 0 aliphatic heterocycles. The fraction of sp³-hybridized carbons (Fsp3) is 0.400. The van der Waals surface area contributed by atoms with Gasteiger partial charge in [0.2, 0.25) is 0 Å². The van der Waals surface area contributed by atoms with Gasteiger partial charge < -0.3 is 16.2 Å². The molecule has 0 saturated heterocycles. The van der Waals surface area contributed by atoms with Crippen LogP contribution in [0, 0.1) is 5.82 Å². The highest BCUT2D eigenvalue weighted by molar-refractivity contribution is 6.31. The van der Waals surface area contributed by atoms with Gasteiger partial charge in [0.05, 0.1) is 17.4 Å². The number of aliphatic hydroxyl groups is 1. The second kappa shape index (κ2) is 8.78. The Kier molecular flexibility index (Phi) is 6.92. The zero-order chi connectivity index (χ0) is 20.2. The Bertz CT molecular complexity index is 808. The molecule has 0 saturated carbocycles. The number of aromatic nitrogens is 1. The van der Waals surface area contributed by atoms with Gasteiger partial charge in [-0.05, 0) is 57.0 Å². The Balaban J connectivity index is 2.11. The van der Waals surface area contributed by atoms with Gasteiger partial charge >= 0.3 is 0 Å². The van der Waals surface area contributed by atoms with Crippen LogP contribution < -0.4 is 11.1 Å². The molecule has 2 rings (SSSR count). The van der Waals surface area contributed by atoms with Crippen LogP contribution in [0.1, 0.15) is 42.4 Å². The fourth-order valence-corrected chi connectivity index (χ4v) is 2.89. The second-order valence-electron chi connectivity index (χ2n) is 7.58. The average Bonchev–Trinajstić information content (AvgIpc) is 2.56. The maximum absolute atomic E-state index is 13.2. The lowest BCUT2D eigenvalue weighted by Crippen LogP contribution is -2.42. The minimum atomic E-state index is -0.942. The van der Waals surface area contributed by atoms with Gasteiger partial charge in [0, 0.05) is 29.2 Å². The van der Waals surface area contributed by atoms with Gasteiger partial charge in [-0.25, -0.2) is 4.39 Å². The van der Waals surface area contributed by atoms with E-state index in [0.717, 1.165) is 0 Å². The van der Waals surface area contributed by atoms with Crippen LogP contribution in [0.25, 0.3) is 0 Å². The van der Waals surface area contributed by atoms with Crippen LogP contribution in [0.15, 0.2) is 36.5 Å². The number of nitrogens with two attached hydrogens (primary N) is 1. The molecule has 1 aromatic carbocycles. The first-order chi connectivity index (χ1) is 12.6. The molecule has 0 unspecified atom stereocenters. The van der Waals surface area contributed by atoms with Crippen molar-refractivity contribution in [2.24, 2.45) is 5.73 Å². The zero-order valence-corrected chi connectivity index (χ0v) is 16.4. The van der Waals surface area contributed by atoms with Crippen LogP contribution in [0.2, 0.25) is 5.02 Å². The first-order valence-corrected chi connectivity index (χ1v) is 9.08. The topological polar surface area (TPSA) is 88.2 Å². The van der Waals surface area contributed by atoms with Crippen molar-refractivity contribution in [2.45, 2.75) is 51.3 Å². The smallest absolute Gasteiger partial charge is 0.253 e. The molecule has 27 heavy (non-hydrogen) atoms. The first kappa shape index (κ1) is 21.3. The summed E-state index contributed by atoms with van der Waals surface area (Å²) in [5.41, 5.74) is 7.23. The lowest BCUT2D eigenvalue weighted by molar-refractivity contribution is 0.0916. The molecule has 146 valence electrons. The third kappa shape index (κ3) is 6.27. The SMILES string of the molecule is CC(C)(C)NC(=O)c1cccnc1C[C@H](O)[C@H](N)Cc1ccc(F)cc1Cl. The van der Waals surface area contributed by atoms with Crippen LogP contribution in [0.4, 0.5) is 4.39 Å². The van der Waals surface area contributed by atoms with Crippen molar-refractivity contribution in [3.05, 3.63) is 64.2 Å². The molecule has 1 heterocycles. The zero-order valence-electron chi connectivity index (χ0n) is 15.7. The van der Waals surface area contributed by atoms with E-state index in [9.17, 15) is 14.3 Å². The fourth-order valence-electron chi connectivity index (χ4n) is 2.64. The third-order valence-corrected chi connectivity index (χ3v) is 4.34. The molecule has 0 aliphatic rings. The van der Waals surface area contributed by atoms with E-state index in [1.807, 2.05) is 20.8 Å². The molecule has 0 aliphatic carbocycles. The average molecular weight is 394 g/mol. The van der Waals surface area contributed by atoms with Crippen LogP contribution in [0.3, 0.4) is 0 Å². The Labute approximate surface area is 163 Å². The normalized spacial score (nSPS) is 13.9. The van der Waals surface area contributed by atoms with Crippen molar-refractivity contribution in [2.75, 3.05) is 0 Å². The Hall–Kier alpha value is -2.02. The highest BCUT2D eigenvalue weighted by atomic mass is 35.5. The molecular weight excluding hydrogens is 369 g/mol. The molecule has 0 spiro atoms. The van der Waals surface area contributed by atoms with Gasteiger partial charge in [0.15, 0.2) is 0 Å². The first-order valence-electron chi connectivity index (χ1n) is 8.71. The molecule has 2 aromatic rings. The van der Waals surface area contributed by atoms with Gasteiger partial charge in [0.25, 0.3) is 5.91 Å². The molecule has 1 aromatic heterocycles. The predicted octanol–water partition coefficient (Wildman–Crippen LogP) is 2.88. The number of carbonyl (C=O) groups is 1. The van der Waals surface area contributed by atoms with Gasteiger partial charge in [-0.2, -0.15) is 0 Å². The van der Waals surface area contributed by atoms with Gasteiger partial charge in [-0.3, -0.25) is 9.78 Å². The standard InChI is InChI=1S/C20H25ClFN3O2/c1-20(2,3)25-19(27)14-5-4-8-24-17(14)11-18(26)16(23)9-12-6-7-13(22)10-15(12)21/h4-8,10,16,18,26H,9,11,23H2,1-3H3,(H,25,27)/t16-,18+/m1/s1. The maximum atomic E-state index is 13.2. The molecule has 7 heteroatoms. The van der Waals surface area contributed by atoms with E-state index in [4.69, 9.17) is 17.3 Å². The number of halogens is 2. The number of amides is 1. The molecule has 4 N–H and O–H groups in total. The quantitative estimate of drug-likeness (QED) is 0.704. The minimum absolute atomic E-state index is 0.119. The van der Waals surface area contributed by atoms with Crippen molar-refractivity contribution < 1.29 is 14.3 Å². The summed E-state index contributed by atoms with van der Waals surface area (Å²) in [7, 11) is 0. The van der Waals surface area contributed by atoms with E-state index in [-0.39, 0.29) is 23.8 Å². The van der Waals surface area contributed by atoms with E-state index in [1.165, 1.54) is 12.1 Å². The number of hydrogen-bond acceptors (Lipinski definition) is 4. The predicted molar refractivity (Wildman–Crippen MR) is 104 cm³/mol. The molecule has 1 amide bonds. The Morgan fingerprint density at radius 3 is 2.67 bits per heavy atom. The van der Waals surface area contributed by atoms with E-state index >= 15 is 0 Å². The molecule has 5 nitrogen and oxygen atoms in total. The summed E-state index contributed by atoms with van der Waals surface area (Å²) >= 11 is 6.02. The number of rotatable bonds is 6. The highest BCUT2D eigenvalue weighted by Gasteiger charge is 2.23. The number of hydrogen-bond donors (Lipinski definition) is 3. The van der Waals surface area contributed by atoms with Crippen molar-refractivity contribution in [3.63, 3.8) is 0 Å². The summed E-state index contributed by atoms with van der Waals surface area (Å²) in [6, 6.07) is 6.75. The number of nitrogens with one attached hydrogen (secondary N) is 1. The van der Waals surface area contributed by atoms with Crippen LogP contribution in [0.5, 0.6) is 0 Å². The van der Waals surface area contributed by atoms with Crippen LogP contribution >= 0.6 is 11.6 Å². The summed E-state index contributed by atoms with van der Waals surface area (Å²) in [5, 5.41) is 13.7. The maximum Gasteiger partial charge on any atom is 0.253 e. The molecule has 2 atom stereocenters. The number of nitrogens with zero attached hydrogens (tertiary/aromatic N) is 1. The van der Waals surface area contributed by atoms with E-state index in [0.29, 0.717) is 16.8 Å². The van der Waals surface area contributed by atoms with Crippen molar-refractivity contribution in [3.8, 4) is 0 Å². The van der Waals surface area contributed by atoms with E-state index in [1.54, 1.807) is 24.4 Å². The summed E-state index contributed by atoms with van der Waals surface area (Å²) in [5.74, 6) is -0.686. The summed E-state index contributed by atoms with van der Waals surface area (Å²) in [6.45, 7) is 5.66. The molecule has 0 fully saturated rings. The molecule has 0 bridgehead atoms. The number of carbonyl (C=O) groups excluding carboxylic acids is 1. The number of benzene rings is 1. The van der Waals surface area contributed by atoms with Crippen molar-refractivity contribution >= 4 is 17.5 Å². The van der Waals surface area contributed by atoms with E-state index < -0.39 is 23.5 Å². The van der Waals surface area contributed by atoms with Crippen molar-refractivity contribution in [1.29, 1.82) is 0 Å². The minimum Gasteiger partial charge on any atom is -0.391 e. The van der Waals surface area contributed by atoms with Gasteiger partial charge in [0.1, 0.15) is 5.82 Å². The molecule has 0 radical (unpaired) electrons. The summed E-state index contributed by atoms with van der Waals surface area (Å²) < 4.78 is 13.2. The molecular formula is C20H25ClFN3O2. The summed E-state index contributed by atoms with van der Waals surface area (Å²) in [4.78, 5) is 16.7. The third-order valence-electron chi connectivity index (χ3n) is 3.99. The summed E-state index contributed by atoms with van der Waals surface area (Å²) in [6.07, 6.45) is 1.02. The van der Waals surface area contributed by atoms with Crippen LogP contribution in [-0.2, 0) is 12.8 Å². The number of aliphatic hydroxyl groups excluding tert-OH is 1. The van der Waals surface area contributed by atoms with Crippen LogP contribution in [-0.4, -0.2) is 33.7 Å². The Morgan fingerprint density at radius 1 is 1.33 bits per heavy atom. The highest BCUT2D eigenvalue weighted by Crippen LogP contribution is 2.20. The number of pyridine rings is 1. The Morgan fingerprint density at radius 2 is 2.04 bits per heavy atom.